The van der Waals surface area contributed by atoms with Crippen molar-refractivity contribution in [3.05, 3.63) is 47.6 Å². The van der Waals surface area contributed by atoms with Gasteiger partial charge in [0.25, 0.3) is 0 Å². The number of pyridine rings is 1. The van der Waals surface area contributed by atoms with E-state index in [1.54, 1.807) is 12.5 Å². The Morgan fingerprint density at radius 2 is 2.00 bits per heavy atom. The summed E-state index contributed by atoms with van der Waals surface area (Å²) in [4.78, 5) is 11.4. The van der Waals surface area contributed by atoms with Gasteiger partial charge in [0.2, 0.25) is 0 Å². The highest BCUT2D eigenvalue weighted by Gasteiger charge is 2.16. The molecule has 27 heavy (non-hydrogen) atoms. The third kappa shape index (κ3) is 3.40. The van der Waals surface area contributed by atoms with Crippen LogP contribution < -0.4 is 5.49 Å². The van der Waals surface area contributed by atoms with Crippen molar-refractivity contribution in [3.8, 4) is 5.69 Å². The molecule has 7 heteroatoms. The fourth-order valence-corrected chi connectivity index (χ4v) is 3.78. The van der Waals surface area contributed by atoms with Gasteiger partial charge in [0.05, 0.1) is 36.8 Å². The maximum atomic E-state index is 8.74. The zero-order valence-corrected chi connectivity index (χ0v) is 16.0. The summed E-state index contributed by atoms with van der Waals surface area (Å²) in [5, 5.41) is 9.66. The number of fused-ring (bicyclic) bond motifs is 1. The van der Waals surface area contributed by atoms with Crippen molar-refractivity contribution in [2.24, 2.45) is 0 Å². The zero-order chi connectivity index (χ0) is 18.8. The van der Waals surface area contributed by atoms with Crippen LogP contribution in [0, 0.1) is 19.3 Å². The van der Waals surface area contributed by atoms with Gasteiger partial charge in [-0.1, -0.05) is 0 Å². The van der Waals surface area contributed by atoms with Crippen LogP contribution in [0.25, 0.3) is 16.7 Å². The normalized spacial score (nSPS) is 15.5. The van der Waals surface area contributed by atoms with Crippen LogP contribution in [0.4, 0.5) is 0 Å². The lowest BCUT2D eigenvalue weighted by molar-refractivity contribution is 0.0369. The molecule has 0 bridgehead atoms. The Morgan fingerprint density at radius 1 is 1.19 bits per heavy atom. The second-order valence-corrected chi connectivity index (χ2v) is 7.05. The first kappa shape index (κ1) is 17.9. The summed E-state index contributed by atoms with van der Waals surface area (Å²) in [7, 11) is 0. The molecule has 1 N–H and O–H groups in total. The summed E-state index contributed by atoms with van der Waals surface area (Å²) in [6.07, 6.45) is 6.41. The van der Waals surface area contributed by atoms with E-state index < -0.39 is 0 Å². The molecule has 3 aromatic rings. The molecule has 142 valence electrons. The molecule has 0 unspecified atom stereocenters. The average Bonchev–Trinajstić information content (AvgIpc) is 2.96. The number of aromatic nitrogens is 4. The minimum Gasteiger partial charge on any atom is -0.379 e. The molecular weight excluding hydrogens is 340 g/mol. The lowest BCUT2D eigenvalue weighted by Crippen LogP contribution is -2.37. The summed E-state index contributed by atoms with van der Waals surface area (Å²) in [6, 6.07) is 3.94. The number of nitrogens with zero attached hydrogens (tertiary/aromatic N) is 5. The maximum Gasteiger partial charge on any atom is 0.150 e. The van der Waals surface area contributed by atoms with Gasteiger partial charge in [-0.2, -0.15) is 0 Å². The van der Waals surface area contributed by atoms with Gasteiger partial charge in [0, 0.05) is 38.1 Å². The van der Waals surface area contributed by atoms with Gasteiger partial charge in [0.1, 0.15) is 5.49 Å². The SMILES string of the molecule is Cc1c(C)n(-c2cccnc2)c2ncn(CCCN3CCOCC3)c(=N)c12. The first-order chi connectivity index (χ1) is 13.2. The Balaban J connectivity index is 1.62. The molecule has 1 aliphatic rings. The van der Waals surface area contributed by atoms with Gasteiger partial charge in [-0.25, -0.2) is 4.98 Å². The van der Waals surface area contributed by atoms with Crippen molar-refractivity contribution < 1.29 is 4.74 Å². The minimum absolute atomic E-state index is 0.533. The quantitative estimate of drug-likeness (QED) is 0.750. The number of morpholine rings is 1. The lowest BCUT2D eigenvalue weighted by Gasteiger charge is -2.26. The highest BCUT2D eigenvalue weighted by atomic mass is 16.5. The number of hydrogen-bond donors (Lipinski definition) is 1. The van der Waals surface area contributed by atoms with Crippen LogP contribution in [0.1, 0.15) is 17.7 Å². The van der Waals surface area contributed by atoms with Crippen LogP contribution in [0.2, 0.25) is 0 Å². The van der Waals surface area contributed by atoms with E-state index in [4.69, 9.17) is 15.1 Å². The molecule has 1 saturated heterocycles. The molecule has 1 fully saturated rings. The van der Waals surface area contributed by atoms with E-state index in [-0.39, 0.29) is 0 Å². The minimum atomic E-state index is 0.533. The van der Waals surface area contributed by atoms with Gasteiger partial charge >= 0.3 is 0 Å². The average molecular weight is 366 g/mol. The Kier molecular flexibility index (Phi) is 5.05. The van der Waals surface area contributed by atoms with E-state index in [0.29, 0.717) is 5.49 Å². The summed E-state index contributed by atoms with van der Waals surface area (Å²) >= 11 is 0. The summed E-state index contributed by atoms with van der Waals surface area (Å²) in [5.41, 5.74) is 4.54. The van der Waals surface area contributed by atoms with Crippen molar-refractivity contribution >= 4 is 11.0 Å². The van der Waals surface area contributed by atoms with Crippen molar-refractivity contribution in [1.29, 1.82) is 5.41 Å². The highest BCUT2D eigenvalue weighted by Crippen LogP contribution is 2.24. The van der Waals surface area contributed by atoms with E-state index in [2.05, 4.69) is 28.3 Å². The molecule has 4 heterocycles. The Labute approximate surface area is 158 Å². The van der Waals surface area contributed by atoms with E-state index in [0.717, 1.165) is 73.8 Å². The topological polar surface area (TPSA) is 72.0 Å². The molecule has 0 aromatic carbocycles. The van der Waals surface area contributed by atoms with Crippen molar-refractivity contribution in [1.82, 2.24) is 24.0 Å². The number of hydrogen-bond acceptors (Lipinski definition) is 5. The van der Waals surface area contributed by atoms with Gasteiger partial charge in [-0.05, 0) is 38.0 Å². The van der Waals surface area contributed by atoms with Gasteiger partial charge < -0.3 is 9.30 Å². The van der Waals surface area contributed by atoms with Crippen LogP contribution in [0.3, 0.4) is 0 Å². The van der Waals surface area contributed by atoms with Gasteiger partial charge in [-0.15, -0.1) is 0 Å². The second-order valence-electron chi connectivity index (χ2n) is 7.05. The van der Waals surface area contributed by atoms with E-state index >= 15 is 0 Å². The fraction of sp³-hybridized carbons (Fsp3) is 0.450. The van der Waals surface area contributed by atoms with E-state index in [1.807, 2.05) is 22.9 Å². The predicted octanol–water partition coefficient (Wildman–Crippen LogP) is 2.04. The monoisotopic (exact) mass is 366 g/mol. The van der Waals surface area contributed by atoms with Crippen LogP contribution in [0.15, 0.2) is 30.9 Å². The van der Waals surface area contributed by atoms with Crippen molar-refractivity contribution in [2.75, 3.05) is 32.8 Å². The van der Waals surface area contributed by atoms with E-state index in [1.165, 1.54) is 0 Å². The first-order valence-corrected chi connectivity index (χ1v) is 9.49. The molecule has 4 rings (SSSR count). The van der Waals surface area contributed by atoms with Crippen LogP contribution >= 0.6 is 0 Å². The van der Waals surface area contributed by atoms with Crippen molar-refractivity contribution in [2.45, 2.75) is 26.8 Å². The third-order valence-corrected chi connectivity index (χ3v) is 5.41. The van der Waals surface area contributed by atoms with Crippen LogP contribution in [0.5, 0.6) is 0 Å². The molecule has 7 nitrogen and oxygen atoms in total. The molecule has 0 atom stereocenters. The van der Waals surface area contributed by atoms with E-state index in [9.17, 15) is 0 Å². The molecule has 0 amide bonds. The van der Waals surface area contributed by atoms with Crippen LogP contribution in [-0.2, 0) is 11.3 Å². The Morgan fingerprint density at radius 3 is 2.74 bits per heavy atom. The second kappa shape index (κ2) is 7.62. The summed E-state index contributed by atoms with van der Waals surface area (Å²) < 4.78 is 9.45. The molecule has 3 aromatic heterocycles. The molecule has 0 saturated carbocycles. The maximum absolute atomic E-state index is 8.74. The molecule has 1 aliphatic heterocycles. The number of aryl methyl sites for hydroxylation is 2. The molecule has 0 radical (unpaired) electrons. The fourth-order valence-electron chi connectivity index (χ4n) is 3.78. The largest absolute Gasteiger partial charge is 0.379 e. The Bertz CT molecular complexity index is 985. The van der Waals surface area contributed by atoms with Gasteiger partial charge in [-0.3, -0.25) is 19.9 Å². The zero-order valence-electron chi connectivity index (χ0n) is 16.0. The first-order valence-electron chi connectivity index (χ1n) is 9.49. The van der Waals surface area contributed by atoms with Crippen LogP contribution in [-0.4, -0.2) is 56.9 Å². The number of nitrogens with one attached hydrogen (secondary N) is 1. The van der Waals surface area contributed by atoms with Crippen molar-refractivity contribution in [3.63, 3.8) is 0 Å². The molecular formula is C20H26N6O. The summed E-state index contributed by atoms with van der Waals surface area (Å²) in [5.74, 6) is 0. The Hall–Kier alpha value is -2.51. The standard InChI is InChI=1S/C20H26N6O/c1-15-16(2)26(17-5-3-6-22-13-17)20-18(15)19(21)25(14-23-20)8-4-7-24-9-11-27-12-10-24/h3,5-6,13-14,21H,4,7-12H2,1-2H3. The van der Waals surface area contributed by atoms with Gasteiger partial charge in [0.15, 0.2) is 5.65 Å². The predicted molar refractivity (Wildman–Crippen MR) is 104 cm³/mol. The smallest absolute Gasteiger partial charge is 0.150 e. The lowest BCUT2D eigenvalue weighted by atomic mass is 10.2. The molecule has 0 aliphatic carbocycles. The number of rotatable bonds is 5. The number of ether oxygens (including phenoxy) is 1. The molecule has 0 spiro atoms. The highest BCUT2D eigenvalue weighted by molar-refractivity contribution is 5.82. The third-order valence-electron chi connectivity index (χ3n) is 5.41. The summed E-state index contributed by atoms with van der Waals surface area (Å²) in [6.45, 7) is 9.63.